The third-order valence-corrected chi connectivity index (χ3v) is 3.60. The van der Waals surface area contributed by atoms with Gasteiger partial charge in [-0.15, -0.1) is 0 Å². The number of ether oxygens (including phenoxy) is 1. The first kappa shape index (κ1) is 13.9. The molecule has 2 heteroatoms. The molecule has 0 saturated carbocycles. The quantitative estimate of drug-likeness (QED) is 0.860. The maximum absolute atomic E-state index is 6.24. The number of rotatable bonds is 5. The van der Waals surface area contributed by atoms with Gasteiger partial charge in [-0.3, -0.25) is 0 Å². The molecule has 2 aromatic carbocycles. The van der Waals surface area contributed by atoms with E-state index in [2.05, 4.69) is 44.2 Å². The second-order valence-corrected chi connectivity index (χ2v) is 5.05. The molecule has 0 fully saturated rings. The van der Waals surface area contributed by atoms with Gasteiger partial charge in [0.1, 0.15) is 5.75 Å². The molecule has 0 bridgehead atoms. The highest BCUT2D eigenvalue weighted by Crippen LogP contribution is 2.34. The van der Waals surface area contributed by atoms with Crippen molar-refractivity contribution < 1.29 is 4.74 Å². The minimum atomic E-state index is -0.0195. The fraction of sp³-hybridized carbons (Fsp3) is 0.412. The molecule has 2 nitrogen and oxygen atoms in total. The van der Waals surface area contributed by atoms with Crippen LogP contribution in [0, 0.1) is 0 Å². The zero-order valence-corrected chi connectivity index (χ0v) is 12.0. The summed E-state index contributed by atoms with van der Waals surface area (Å²) in [5, 5.41) is 2.36. The standard InChI is InChI=1S/C17H23NO/c1-4-14(5-2)19-17-15(12(3)18)11-10-13-8-6-7-9-16(13)17/h6-12,14H,4-5,18H2,1-3H3. The van der Waals surface area contributed by atoms with Crippen molar-refractivity contribution in [1.82, 2.24) is 0 Å². The number of hydrogen-bond donors (Lipinski definition) is 1. The van der Waals surface area contributed by atoms with Crippen molar-refractivity contribution in [3.8, 4) is 5.75 Å². The lowest BCUT2D eigenvalue weighted by Crippen LogP contribution is -2.17. The Hall–Kier alpha value is -1.54. The molecular formula is C17H23NO. The van der Waals surface area contributed by atoms with E-state index < -0.39 is 0 Å². The van der Waals surface area contributed by atoms with E-state index in [0.717, 1.165) is 29.5 Å². The van der Waals surface area contributed by atoms with Crippen molar-refractivity contribution in [3.63, 3.8) is 0 Å². The summed E-state index contributed by atoms with van der Waals surface area (Å²) in [5.41, 5.74) is 7.17. The number of fused-ring (bicyclic) bond motifs is 1. The van der Waals surface area contributed by atoms with Crippen LogP contribution < -0.4 is 10.5 Å². The maximum Gasteiger partial charge on any atom is 0.132 e. The summed E-state index contributed by atoms with van der Waals surface area (Å²) in [6.07, 6.45) is 2.28. The van der Waals surface area contributed by atoms with Gasteiger partial charge >= 0.3 is 0 Å². The molecule has 0 heterocycles. The van der Waals surface area contributed by atoms with Crippen LogP contribution in [0.4, 0.5) is 0 Å². The lowest BCUT2D eigenvalue weighted by molar-refractivity contribution is 0.193. The lowest BCUT2D eigenvalue weighted by atomic mass is 10.0. The second-order valence-electron chi connectivity index (χ2n) is 5.05. The average molecular weight is 257 g/mol. The molecule has 0 spiro atoms. The first-order valence-corrected chi connectivity index (χ1v) is 7.11. The smallest absolute Gasteiger partial charge is 0.132 e. The van der Waals surface area contributed by atoms with Crippen molar-refractivity contribution in [3.05, 3.63) is 42.0 Å². The molecule has 2 rings (SSSR count). The number of nitrogens with two attached hydrogens (primary N) is 1. The van der Waals surface area contributed by atoms with Crippen LogP contribution in [0.5, 0.6) is 5.75 Å². The van der Waals surface area contributed by atoms with E-state index in [9.17, 15) is 0 Å². The first-order valence-electron chi connectivity index (χ1n) is 7.11. The molecule has 19 heavy (non-hydrogen) atoms. The van der Waals surface area contributed by atoms with Crippen LogP contribution >= 0.6 is 0 Å². The van der Waals surface area contributed by atoms with Crippen molar-refractivity contribution in [2.75, 3.05) is 0 Å². The Labute approximate surface area is 115 Å². The van der Waals surface area contributed by atoms with Gasteiger partial charge in [-0.1, -0.05) is 50.2 Å². The second kappa shape index (κ2) is 6.07. The molecule has 1 atom stereocenters. The van der Waals surface area contributed by atoms with Crippen molar-refractivity contribution in [2.45, 2.75) is 45.8 Å². The molecule has 0 aliphatic carbocycles. The largest absolute Gasteiger partial charge is 0.489 e. The number of hydrogen-bond acceptors (Lipinski definition) is 2. The monoisotopic (exact) mass is 257 g/mol. The van der Waals surface area contributed by atoms with Crippen LogP contribution in [0.25, 0.3) is 10.8 Å². The molecule has 0 aromatic heterocycles. The highest BCUT2D eigenvalue weighted by atomic mass is 16.5. The maximum atomic E-state index is 6.24. The lowest BCUT2D eigenvalue weighted by Gasteiger charge is -2.21. The Balaban J connectivity index is 2.55. The van der Waals surface area contributed by atoms with E-state index in [1.807, 2.05) is 13.0 Å². The van der Waals surface area contributed by atoms with E-state index in [1.54, 1.807) is 0 Å². The molecule has 0 aliphatic rings. The fourth-order valence-electron chi connectivity index (χ4n) is 2.37. The Morgan fingerprint density at radius 1 is 1.05 bits per heavy atom. The minimum absolute atomic E-state index is 0.0195. The predicted octanol–water partition coefficient (Wildman–Crippen LogP) is 4.43. The van der Waals surface area contributed by atoms with Crippen LogP contribution in [-0.4, -0.2) is 6.10 Å². The minimum Gasteiger partial charge on any atom is -0.489 e. The summed E-state index contributed by atoms with van der Waals surface area (Å²) in [6, 6.07) is 12.5. The Morgan fingerprint density at radius 2 is 1.74 bits per heavy atom. The van der Waals surface area contributed by atoms with Crippen LogP contribution in [0.15, 0.2) is 36.4 Å². The van der Waals surface area contributed by atoms with Gasteiger partial charge in [0.15, 0.2) is 0 Å². The van der Waals surface area contributed by atoms with E-state index in [-0.39, 0.29) is 12.1 Å². The molecule has 0 amide bonds. The summed E-state index contributed by atoms with van der Waals surface area (Å²) in [7, 11) is 0. The van der Waals surface area contributed by atoms with E-state index >= 15 is 0 Å². The van der Waals surface area contributed by atoms with Gasteiger partial charge in [0.05, 0.1) is 6.10 Å². The van der Waals surface area contributed by atoms with E-state index in [0.29, 0.717) is 0 Å². The normalized spacial score (nSPS) is 12.9. The topological polar surface area (TPSA) is 35.2 Å². The SMILES string of the molecule is CCC(CC)Oc1c(C(C)N)ccc2ccccc12. The van der Waals surface area contributed by atoms with Crippen molar-refractivity contribution >= 4 is 10.8 Å². The van der Waals surface area contributed by atoms with Crippen LogP contribution in [0.3, 0.4) is 0 Å². The molecule has 1 unspecified atom stereocenters. The van der Waals surface area contributed by atoms with Crippen LogP contribution in [-0.2, 0) is 0 Å². The van der Waals surface area contributed by atoms with Gasteiger partial charge in [-0.25, -0.2) is 0 Å². The molecule has 2 aromatic rings. The molecule has 0 radical (unpaired) electrons. The van der Waals surface area contributed by atoms with E-state index in [1.165, 1.54) is 5.39 Å². The molecule has 2 N–H and O–H groups in total. The number of benzene rings is 2. The Morgan fingerprint density at radius 3 is 2.37 bits per heavy atom. The Bertz CT molecular complexity index is 544. The van der Waals surface area contributed by atoms with Gasteiger partial charge in [-0.2, -0.15) is 0 Å². The summed E-state index contributed by atoms with van der Waals surface area (Å²) in [4.78, 5) is 0. The average Bonchev–Trinajstić information content (AvgIpc) is 2.44. The third kappa shape index (κ3) is 2.90. The van der Waals surface area contributed by atoms with Gasteiger partial charge in [0.2, 0.25) is 0 Å². The Kier molecular flexibility index (Phi) is 4.43. The van der Waals surface area contributed by atoms with Gasteiger partial charge in [-0.05, 0) is 25.2 Å². The van der Waals surface area contributed by atoms with Gasteiger partial charge in [0, 0.05) is 17.0 Å². The summed E-state index contributed by atoms with van der Waals surface area (Å²) in [6.45, 7) is 6.32. The fourth-order valence-corrected chi connectivity index (χ4v) is 2.37. The molecule has 0 aliphatic heterocycles. The summed E-state index contributed by atoms with van der Waals surface area (Å²) >= 11 is 0. The first-order chi connectivity index (χ1) is 9.17. The highest BCUT2D eigenvalue weighted by molar-refractivity contribution is 5.89. The van der Waals surface area contributed by atoms with Crippen LogP contribution in [0.1, 0.15) is 45.2 Å². The van der Waals surface area contributed by atoms with Gasteiger partial charge in [0.25, 0.3) is 0 Å². The van der Waals surface area contributed by atoms with Gasteiger partial charge < -0.3 is 10.5 Å². The van der Waals surface area contributed by atoms with Crippen molar-refractivity contribution in [1.29, 1.82) is 0 Å². The zero-order chi connectivity index (χ0) is 13.8. The highest BCUT2D eigenvalue weighted by Gasteiger charge is 2.15. The van der Waals surface area contributed by atoms with Crippen molar-refractivity contribution in [2.24, 2.45) is 5.73 Å². The zero-order valence-electron chi connectivity index (χ0n) is 12.0. The molecule has 102 valence electrons. The predicted molar refractivity (Wildman–Crippen MR) is 81.5 cm³/mol. The summed E-state index contributed by atoms with van der Waals surface area (Å²) < 4.78 is 6.24. The van der Waals surface area contributed by atoms with Crippen LogP contribution in [0.2, 0.25) is 0 Å². The van der Waals surface area contributed by atoms with E-state index in [4.69, 9.17) is 10.5 Å². The third-order valence-electron chi connectivity index (χ3n) is 3.60. The molecule has 0 saturated heterocycles. The summed E-state index contributed by atoms with van der Waals surface area (Å²) in [5.74, 6) is 0.960. The molecular weight excluding hydrogens is 234 g/mol.